The smallest absolute Gasteiger partial charge is 0.146 e. The van der Waals surface area contributed by atoms with Gasteiger partial charge < -0.3 is 15.4 Å². The number of halogens is 1. The van der Waals surface area contributed by atoms with Gasteiger partial charge in [-0.05, 0) is 37.5 Å². The first-order chi connectivity index (χ1) is 8.58. The first-order valence-corrected chi connectivity index (χ1v) is 6.36. The fraction of sp³-hybridized carbons (Fsp3) is 0.571. The lowest BCUT2D eigenvalue weighted by molar-refractivity contribution is -0.00476. The Morgan fingerprint density at radius 3 is 2.89 bits per heavy atom. The quantitative estimate of drug-likeness (QED) is 0.897. The Balaban J connectivity index is 2.21. The molecule has 4 heteroatoms. The Morgan fingerprint density at radius 2 is 2.28 bits per heavy atom. The number of nitrogens with zero attached hydrogens (tertiary/aromatic N) is 1. The second-order valence-corrected chi connectivity index (χ2v) is 5.17. The summed E-state index contributed by atoms with van der Waals surface area (Å²) in [5.41, 5.74) is 6.80. The molecule has 100 valence electrons. The SMILES string of the molecule is COC1(C)CCCN(c2ccc(CN)cc2F)C1. The van der Waals surface area contributed by atoms with Crippen LogP contribution in [0.15, 0.2) is 18.2 Å². The largest absolute Gasteiger partial charge is 0.377 e. The highest BCUT2D eigenvalue weighted by Crippen LogP contribution is 2.29. The van der Waals surface area contributed by atoms with E-state index in [4.69, 9.17) is 10.5 Å². The van der Waals surface area contributed by atoms with Gasteiger partial charge in [-0.1, -0.05) is 6.07 Å². The minimum Gasteiger partial charge on any atom is -0.377 e. The zero-order valence-electron chi connectivity index (χ0n) is 11.1. The molecule has 0 aromatic heterocycles. The minimum absolute atomic E-state index is 0.183. The first-order valence-electron chi connectivity index (χ1n) is 6.36. The summed E-state index contributed by atoms with van der Waals surface area (Å²) < 4.78 is 19.6. The van der Waals surface area contributed by atoms with Crippen LogP contribution >= 0.6 is 0 Å². The van der Waals surface area contributed by atoms with Crippen molar-refractivity contribution in [2.24, 2.45) is 5.73 Å². The molecule has 1 atom stereocenters. The summed E-state index contributed by atoms with van der Waals surface area (Å²) in [5.74, 6) is -0.196. The highest BCUT2D eigenvalue weighted by atomic mass is 19.1. The van der Waals surface area contributed by atoms with Crippen molar-refractivity contribution in [3.63, 3.8) is 0 Å². The maximum absolute atomic E-state index is 14.0. The molecule has 1 fully saturated rings. The van der Waals surface area contributed by atoms with E-state index >= 15 is 0 Å². The normalized spacial score (nSPS) is 24.3. The topological polar surface area (TPSA) is 38.5 Å². The number of piperidine rings is 1. The molecule has 0 radical (unpaired) electrons. The number of hydrogen-bond acceptors (Lipinski definition) is 3. The molecule has 1 aromatic rings. The lowest BCUT2D eigenvalue weighted by Crippen LogP contribution is -2.47. The number of rotatable bonds is 3. The van der Waals surface area contributed by atoms with Crippen LogP contribution in [0.2, 0.25) is 0 Å². The van der Waals surface area contributed by atoms with E-state index in [0.717, 1.165) is 31.5 Å². The van der Waals surface area contributed by atoms with Crippen LogP contribution in [0.1, 0.15) is 25.3 Å². The summed E-state index contributed by atoms with van der Waals surface area (Å²) in [6.45, 7) is 4.04. The van der Waals surface area contributed by atoms with Gasteiger partial charge in [-0.25, -0.2) is 4.39 Å². The van der Waals surface area contributed by atoms with Crippen molar-refractivity contribution in [2.75, 3.05) is 25.1 Å². The monoisotopic (exact) mass is 252 g/mol. The van der Waals surface area contributed by atoms with Crippen LogP contribution in [0.25, 0.3) is 0 Å². The third-order valence-corrected chi connectivity index (χ3v) is 3.74. The summed E-state index contributed by atoms with van der Waals surface area (Å²) in [4.78, 5) is 2.06. The van der Waals surface area contributed by atoms with Crippen molar-refractivity contribution in [3.8, 4) is 0 Å². The minimum atomic E-state index is -0.196. The van der Waals surface area contributed by atoms with Crippen LogP contribution < -0.4 is 10.6 Å². The fourth-order valence-corrected chi connectivity index (χ4v) is 2.51. The molecule has 2 rings (SSSR count). The van der Waals surface area contributed by atoms with Gasteiger partial charge in [0.25, 0.3) is 0 Å². The molecule has 18 heavy (non-hydrogen) atoms. The standard InChI is InChI=1S/C14H21FN2O/c1-14(18-2)6-3-7-17(10-14)13-5-4-11(9-16)8-12(13)15/h4-5,8H,3,6-7,9-10,16H2,1-2H3. The number of benzene rings is 1. The zero-order chi connectivity index (χ0) is 13.2. The van der Waals surface area contributed by atoms with Crippen molar-refractivity contribution >= 4 is 5.69 Å². The number of ether oxygens (including phenoxy) is 1. The van der Waals surface area contributed by atoms with Crippen molar-refractivity contribution in [1.82, 2.24) is 0 Å². The van der Waals surface area contributed by atoms with Gasteiger partial charge in [-0.3, -0.25) is 0 Å². The van der Waals surface area contributed by atoms with E-state index in [1.807, 2.05) is 12.1 Å². The molecule has 1 saturated heterocycles. The molecule has 1 aromatic carbocycles. The van der Waals surface area contributed by atoms with E-state index < -0.39 is 0 Å². The number of hydrogen-bond donors (Lipinski definition) is 1. The molecule has 1 aliphatic heterocycles. The van der Waals surface area contributed by atoms with Crippen molar-refractivity contribution in [3.05, 3.63) is 29.6 Å². The summed E-state index contributed by atoms with van der Waals surface area (Å²) in [6, 6.07) is 5.23. The Morgan fingerprint density at radius 1 is 1.50 bits per heavy atom. The molecular weight excluding hydrogens is 231 g/mol. The molecule has 0 bridgehead atoms. The van der Waals surface area contributed by atoms with Gasteiger partial charge in [0.05, 0.1) is 11.3 Å². The molecule has 1 heterocycles. The molecule has 0 saturated carbocycles. The maximum atomic E-state index is 14.0. The van der Waals surface area contributed by atoms with Gasteiger partial charge >= 0.3 is 0 Å². The predicted octanol–water partition coefficient (Wildman–Crippen LogP) is 2.29. The predicted molar refractivity (Wildman–Crippen MR) is 71.2 cm³/mol. The van der Waals surface area contributed by atoms with Crippen LogP contribution in [0.4, 0.5) is 10.1 Å². The summed E-state index contributed by atoms with van der Waals surface area (Å²) in [5, 5.41) is 0. The molecule has 1 aliphatic rings. The van der Waals surface area contributed by atoms with Crippen LogP contribution in [0, 0.1) is 5.82 Å². The van der Waals surface area contributed by atoms with Gasteiger partial charge in [0.1, 0.15) is 5.82 Å². The van der Waals surface area contributed by atoms with Crippen LogP contribution in [-0.2, 0) is 11.3 Å². The van der Waals surface area contributed by atoms with Gasteiger partial charge in [-0.2, -0.15) is 0 Å². The van der Waals surface area contributed by atoms with Gasteiger partial charge in [-0.15, -0.1) is 0 Å². The van der Waals surface area contributed by atoms with Crippen molar-refractivity contribution in [1.29, 1.82) is 0 Å². The lowest BCUT2D eigenvalue weighted by Gasteiger charge is -2.40. The van der Waals surface area contributed by atoms with E-state index in [1.54, 1.807) is 7.11 Å². The molecule has 0 aliphatic carbocycles. The van der Waals surface area contributed by atoms with Crippen molar-refractivity contribution < 1.29 is 9.13 Å². The molecular formula is C14H21FN2O. The number of nitrogens with two attached hydrogens (primary N) is 1. The van der Waals surface area contributed by atoms with E-state index in [0.29, 0.717) is 12.2 Å². The molecule has 3 nitrogen and oxygen atoms in total. The van der Waals surface area contributed by atoms with Crippen LogP contribution in [0.5, 0.6) is 0 Å². The highest BCUT2D eigenvalue weighted by Gasteiger charge is 2.31. The Bertz CT molecular complexity index is 424. The molecule has 2 N–H and O–H groups in total. The van der Waals surface area contributed by atoms with E-state index in [1.165, 1.54) is 6.07 Å². The number of methoxy groups -OCH3 is 1. The van der Waals surface area contributed by atoms with Crippen LogP contribution in [0.3, 0.4) is 0 Å². The highest BCUT2D eigenvalue weighted by molar-refractivity contribution is 5.50. The molecule has 0 spiro atoms. The Labute approximate surface area is 108 Å². The first kappa shape index (κ1) is 13.3. The lowest BCUT2D eigenvalue weighted by atomic mass is 9.94. The summed E-state index contributed by atoms with van der Waals surface area (Å²) in [7, 11) is 1.72. The molecule has 0 amide bonds. The average Bonchev–Trinajstić information content (AvgIpc) is 2.38. The number of anilines is 1. The van der Waals surface area contributed by atoms with E-state index in [9.17, 15) is 4.39 Å². The fourth-order valence-electron chi connectivity index (χ4n) is 2.51. The zero-order valence-corrected chi connectivity index (χ0v) is 11.1. The van der Waals surface area contributed by atoms with E-state index in [2.05, 4.69) is 11.8 Å². The summed E-state index contributed by atoms with van der Waals surface area (Å²) >= 11 is 0. The third kappa shape index (κ3) is 2.65. The van der Waals surface area contributed by atoms with Gasteiger partial charge in [0.15, 0.2) is 0 Å². The average molecular weight is 252 g/mol. The maximum Gasteiger partial charge on any atom is 0.146 e. The Kier molecular flexibility index (Phi) is 3.88. The van der Waals surface area contributed by atoms with Gasteiger partial charge in [0, 0.05) is 26.7 Å². The second-order valence-electron chi connectivity index (χ2n) is 5.17. The summed E-state index contributed by atoms with van der Waals surface area (Å²) in [6.07, 6.45) is 2.03. The van der Waals surface area contributed by atoms with E-state index in [-0.39, 0.29) is 11.4 Å². The second kappa shape index (κ2) is 5.24. The third-order valence-electron chi connectivity index (χ3n) is 3.74. The van der Waals surface area contributed by atoms with Crippen LogP contribution in [-0.4, -0.2) is 25.8 Å². The molecule has 1 unspecified atom stereocenters. The van der Waals surface area contributed by atoms with Crippen molar-refractivity contribution in [2.45, 2.75) is 31.9 Å². The van der Waals surface area contributed by atoms with Gasteiger partial charge in [0.2, 0.25) is 0 Å². The Hall–Kier alpha value is -1.13.